The average Bonchev–Trinajstić information content (AvgIpc) is 2.17. The van der Waals surface area contributed by atoms with Crippen molar-refractivity contribution in [2.75, 3.05) is 26.6 Å². The quantitative estimate of drug-likeness (QED) is 0.528. The van der Waals surface area contributed by atoms with Gasteiger partial charge in [-0.1, -0.05) is 6.92 Å². The maximum atomic E-state index is 5.56. The lowest BCUT2D eigenvalue weighted by Crippen LogP contribution is -2.45. The van der Waals surface area contributed by atoms with Crippen LogP contribution in [0.15, 0.2) is 0 Å². The van der Waals surface area contributed by atoms with Crippen molar-refractivity contribution in [2.24, 2.45) is 5.92 Å². The first-order valence-electron chi connectivity index (χ1n) is 4.49. The van der Waals surface area contributed by atoms with Gasteiger partial charge in [-0.15, -0.1) is 0 Å². The molecular formula is C8H20O3SSi. The molecule has 0 saturated carbocycles. The Labute approximate surface area is 87.5 Å². The van der Waals surface area contributed by atoms with Gasteiger partial charge in [0.2, 0.25) is 0 Å². The topological polar surface area (TPSA) is 27.7 Å². The van der Waals surface area contributed by atoms with Crippen molar-refractivity contribution in [3.05, 3.63) is 0 Å². The zero-order valence-electron chi connectivity index (χ0n) is 8.87. The molecule has 0 N–H and O–H groups in total. The molecule has 3 nitrogen and oxygen atoms in total. The maximum Gasteiger partial charge on any atom is 0.500 e. The van der Waals surface area contributed by atoms with Crippen LogP contribution in [0.4, 0.5) is 0 Å². The van der Waals surface area contributed by atoms with Gasteiger partial charge in [-0.2, -0.15) is 12.6 Å². The van der Waals surface area contributed by atoms with Crippen molar-refractivity contribution in [3.63, 3.8) is 0 Å². The van der Waals surface area contributed by atoms with Crippen LogP contribution >= 0.6 is 12.6 Å². The van der Waals surface area contributed by atoms with E-state index in [0.29, 0.717) is 12.5 Å². The van der Waals surface area contributed by atoms with E-state index in [1.165, 1.54) is 0 Å². The maximum absolute atomic E-state index is 5.56. The second-order valence-corrected chi connectivity index (χ2v) is 6.26. The highest BCUT2D eigenvalue weighted by molar-refractivity contribution is 7.80. The second kappa shape index (κ2) is 6.84. The minimum atomic E-state index is -2.38. The first-order chi connectivity index (χ1) is 6.14. The lowest BCUT2D eigenvalue weighted by atomic mass is 10.3. The van der Waals surface area contributed by atoms with Gasteiger partial charge in [-0.25, -0.2) is 0 Å². The fraction of sp³-hybridized carbons (Fsp3) is 1.00. The predicted molar refractivity (Wildman–Crippen MR) is 59.2 cm³/mol. The molecule has 1 atom stereocenters. The molecule has 0 radical (unpaired) electrons. The Kier molecular flexibility index (Phi) is 7.07. The molecule has 13 heavy (non-hydrogen) atoms. The summed E-state index contributed by atoms with van der Waals surface area (Å²) in [7, 11) is 0.922. The van der Waals surface area contributed by atoms with Crippen LogP contribution in [0.25, 0.3) is 0 Å². The molecule has 80 valence electrons. The van der Waals surface area contributed by atoms with Crippen LogP contribution < -0.4 is 0 Å². The van der Waals surface area contributed by atoms with Crippen molar-refractivity contribution in [1.82, 2.24) is 0 Å². The summed E-state index contributed by atoms with van der Waals surface area (Å²) in [6, 6.07) is 0.831. The Hall–Kier alpha value is 0.447. The summed E-state index contributed by atoms with van der Waals surface area (Å²) in [5, 5.41) is 0. The van der Waals surface area contributed by atoms with Crippen LogP contribution in [0.2, 0.25) is 6.04 Å². The van der Waals surface area contributed by atoms with Crippen LogP contribution in [-0.4, -0.2) is 35.4 Å². The molecule has 0 spiro atoms. The SMILES string of the molecule is CCO[Si](CC(C)CS)(OC)OC. The van der Waals surface area contributed by atoms with E-state index in [1.807, 2.05) is 6.92 Å². The fourth-order valence-corrected chi connectivity index (χ4v) is 3.80. The largest absolute Gasteiger partial charge is 0.500 e. The summed E-state index contributed by atoms with van der Waals surface area (Å²) in [5.41, 5.74) is 0. The minimum Gasteiger partial charge on any atom is -0.377 e. The molecule has 0 aromatic carbocycles. The zero-order chi connectivity index (χ0) is 10.3. The van der Waals surface area contributed by atoms with E-state index < -0.39 is 8.80 Å². The van der Waals surface area contributed by atoms with Crippen molar-refractivity contribution in [3.8, 4) is 0 Å². The van der Waals surface area contributed by atoms with Crippen molar-refractivity contribution in [1.29, 1.82) is 0 Å². The third-order valence-corrected chi connectivity index (χ3v) is 5.69. The molecule has 0 rings (SSSR count). The van der Waals surface area contributed by atoms with Gasteiger partial charge < -0.3 is 13.3 Å². The summed E-state index contributed by atoms with van der Waals surface area (Å²) in [6.45, 7) is 4.70. The van der Waals surface area contributed by atoms with E-state index in [4.69, 9.17) is 13.3 Å². The highest BCUT2D eigenvalue weighted by Crippen LogP contribution is 2.20. The molecule has 0 aliphatic rings. The molecule has 0 saturated heterocycles. The third kappa shape index (κ3) is 4.46. The van der Waals surface area contributed by atoms with Gasteiger partial charge in [0.1, 0.15) is 0 Å². The molecule has 0 aromatic heterocycles. The van der Waals surface area contributed by atoms with Crippen LogP contribution in [0.5, 0.6) is 0 Å². The predicted octanol–water partition coefficient (Wildman–Crippen LogP) is 1.82. The molecular weight excluding hydrogens is 204 g/mol. The van der Waals surface area contributed by atoms with Crippen molar-refractivity contribution >= 4 is 21.4 Å². The Morgan fingerprint density at radius 1 is 1.31 bits per heavy atom. The molecule has 0 aliphatic heterocycles. The summed E-state index contributed by atoms with van der Waals surface area (Å²) in [4.78, 5) is 0. The number of hydrogen-bond acceptors (Lipinski definition) is 4. The third-order valence-electron chi connectivity index (χ3n) is 1.90. The van der Waals surface area contributed by atoms with E-state index in [1.54, 1.807) is 14.2 Å². The number of rotatable bonds is 7. The van der Waals surface area contributed by atoms with Gasteiger partial charge in [0.15, 0.2) is 0 Å². The lowest BCUT2D eigenvalue weighted by molar-refractivity contribution is 0.100. The van der Waals surface area contributed by atoms with Crippen molar-refractivity contribution in [2.45, 2.75) is 19.9 Å². The van der Waals surface area contributed by atoms with E-state index in [0.717, 1.165) is 11.8 Å². The first kappa shape index (κ1) is 13.4. The van der Waals surface area contributed by atoms with Gasteiger partial charge >= 0.3 is 8.80 Å². The van der Waals surface area contributed by atoms with Gasteiger partial charge in [0, 0.05) is 26.9 Å². The number of hydrogen-bond donors (Lipinski definition) is 1. The Bertz CT molecular complexity index is 131. The molecule has 0 bridgehead atoms. The van der Waals surface area contributed by atoms with Crippen LogP contribution in [-0.2, 0) is 13.3 Å². The molecule has 1 unspecified atom stereocenters. The minimum absolute atomic E-state index is 0.460. The second-order valence-electron chi connectivity index (χ2n) is 3.02. The summed E-state index contributed by atoms with van der Waals surface area (Å²) in [6.07, 6.45) is 0. The van der Waals surface area contributed by atoms with E-state index >= 15 is 0 Å². The van der Waals surface area contributed by atoms with Gasteiger partial charge in [0.05, 0.1) is 0 Å². The van der Waals surface area contributed by atoms with Crippen LogP contribution in [0.3, 0.4) is 0 Å². The van der Waals surface area contributed by atoms with Gasteiger partial charge in [0.25, 0.3) is 0 Å². The average molecular weight is 224 g/mol. The van der Waals surface area contributed by atoms with Crippen molar-refractivity contribution < 1.29 is 13.3 Å². The van der Waals surface area contributed by atoms with Gasteiger partial charge in [-0.3, -0.25) is 0 Å². The molecule has 0 heterocycles. The smallest absolute Gasteiger partial charge is 0.377 e. The Balaban J connectivity index is 4.19. The number of thiol groups is 1. The summed E-state index contributed by atoms with van der Waals surface area (Å²) < 4.78 is 16.3. The molecule has 0 aliphatic carbocycles. The highest BCUT2D eigenvalue weighted by Gasteiger charge is 2.39. The normalized spacial score (nSPS) is 14.5. The molecule has 0 amide bonds. The zero-order valence-corrected chi connectivity index (χ0v) is 10.8. The fourth-order valence-electron chi connectivity index (χ4n) is 1.14. The molecule has 0 fully saturated rings. The highest BCUT2D eigenvalue weighted by atomic mass is 32.1. The van der Waals surface area contributed by atoms with Gasteiger partial charge in [-0.05, 0) is 18.6 Å². The lowest BCUT2D eigenvalue weighted by Gasteiger charge is -2.27. The van der Waals surface area contributed by atoms with Crippen LogP contribution in [0.1, 0.15) is 13.8 Å². The standard InChI is InChI=1S/C8H20O3SSi/c1-5-11-13(9-3,10-4)7-8(2)6-12/h8,12H,5-7H2,1-4H3. The van der Waals surface area contributed by atoms with E-state index in [9.17, 15) is 0 Å². The first-order valence-corrected chi connectivity index (χ1v) is 7.05. The van der Waals surface area contributed by atoms with Crippen LogP contribution in [0, 0.1) is 5.92 Å². The summed E-state index contributed by atoms with van der Waals surface area (Å²) in [5.74, 6) is 1.29. The molecule has 5 heteroatoms. The van der Waals surface area contributed by atoms with E-state index in [-0.39, 0.29) is 0 Å². The monoisotopic (exact) mass is 224 g/mol. The Morgan fingerprint density at radius 2 is 1.85 bits per heavy atom. The Morgan fingerprint density at radius 3 is 2.15 bits per heavy atom. The molecule has 0 aromatic rings. The summed E-state index contributed by atoms with van der Waals surface area (Å²) >= 11 is 4.23. The van der Waals surface area contributed by atoms with E-state index in [2.05, 4.69) is 19.6 Å².